The van der Waals surface area contributed by atoms with Crippen LogP contribution in [0, 0.1) is 19.8 Å². The maximum Gasteiger partial charge on any atom is 0.311 e. The highest BCUT2D eigenvalue weighted by molar-refractivity contribution is 9.10. The summed E-state index contributed by atoms with van der Waals surface area (Å²) in [6, 6.07) is 22.3. The Hall–Kier alpha value is -3.98. The number of hydrogen-bond donors (Lipinski definition) is 2. The minimum absolute atomic E-state index is 0.0354. The average molecular weight is 578 g/mol. The molecule has 8 nitrogen and oxygen atoms in total. The van der Waals surface area contributed by atoms with Crippen LogP contribution in [0.25, 0.3) is 0 Å². The number of esters is 1. The van der Waals surface area contributed by atoms with Crippen molar-refractivity contribution in [3.05, 3.63) is 99.5 Å². The number of amides is 3. The number of ether oxygens (including phenoxy) is 1. The molecule has 1 fully saturated rings. The van der Waals surface area contributed by atoms with Crippen LogP contribution in [-0.2, 0) is 23.9 Å². The van der Waals surface area contributed by atoms with E-state index in [2.05, 4.69) is 26.7 Å². The molecule has 1 heterocycles. The molecule has 1 aliphatic rings. The number of aryl methyl sites for hydroxylation is 2. The Bertz CT molecular complexity index is 1310. The van der Waals surface area contributed by atoms with E-state index in [4.69, 9.17) is 4.74 Å². The zero-order chi connectivity index (χ0) is 27.2. The molecule has 0 saturated carbocycles. The first-order valence-electron chi connectivity index (χ1n) is 12.2. The van der Waals surface area contributed by atoms with E-state index in [0.717, 1.165) is 31.7 Å². The van der Waals surface area contributed by atoms with E-state index >= 15 is 0 Å². The lowest BCUT2D eigenvalue weighted by molar-refractivity contribution is -0.151. The molecule has 1 saturated heterocycles. The quantitative estimate of drug-likeness (QED) is 0.389. The molecule has 0 unspecified atom stereocenters. The first kappa shape index (κ1) is 27.1. The maximum absolute atomic E-state index is 13.3. The third kappa shape index (κ3) is 6.47. The number of hydrogen-bond acceptors (Lipinski definition) is 5. The number of benzene rings is 3. The summed E-state index contributed by atoms with van der Waals surface area (Å²) in [5.41, 5.74) is 6.68. The normalized spacial score (nSPS) is 14.9. The Kier molecular flexibility index (Phi) is 8.58. The number of anilines is 1. The fourth-order valence-corrected chi connectivity index (χ4v) is 4.77. The summed E-state index contributed by atoms with van der Waals surface area (Å²) in [5, 5.41) is 3.89. The van der Waals surface area contributed by atoms with Crippen LogP contribution in [0.15, 0.2) is 77.3 Å². The summed E-state index contributed by atoms with van der Waals surface area (Å²) >= 11 is 3.45. The van der Waals surface area contributed by atoms with Crippen molar-refractivity contribution in [2.24, 2.45) is 5.92 Å². The molecule has 3 aromatic carbocycles. The second-order valence-corrected chi connectivity index (χ2v) is 10.1. The van der Waals surface area contributed by atoms with Gasteiger partial charge in [-0.2, -0.15) is 0 Å². The lowest BCUT2D eigenvalue weighted by Gasteiger charge is -2.23. The molecule has 2 N–H and O–H groups in total. The predicted molar refractivity (Wildman–Crippen MR) is 146 cm³/mol. The maximum atomic E-state index is 13.3. The second kappa shape index (κ2) is 12.0. The molecule has 1 aliphatic heterocycles. The van der Waals surface area contributed by atoms with Crippen LogP contribution in [0.4, 0.5) is 5.69 Å². The zero-order valence-corrected chi connectivity index (χ0v) is 22.7. The van der Waals surface area contributed by atoms with Crippen molar-refractivity contribution >= 4 is 45.3 Å². The number of carbonyl (C=O) groups excluding carboxylic acids is 4. The van der Waals surface area contributed by atoms with Gasteiger partial charge in [0, 0.05) is 16.6 Å². The predicted octanol–water partition coefficient (Wildman–Crippen LogP) is 4.26. The summed E-state index contributed by atoms with van der Waals surface area (Å²) < 4.78 is 6.12. The highest BCUT2D eigenvalue weighted by Gasteiger charge is 2.37. The highest BCUT2D eigenvalue weighted by atomic mass is 79.9. The van der Waals surface area contributed by atoms with Crippen LogP contribution >= 0.6 is 15.9 Å². The van der Waals surface area contributed by atoms with Crippen LogP contribution in [-0.4, -0.2) is 41.9 Å². The van der Waals surface area contributed by atoms with E-state index in [9.17, 15) is 19.2 Å². The number of nitrogens with zero attached hydrogens (tertiary/aromatic N) is 1. The first-order chi connectivity index (χ1) is 18.2. The van der Waals surface area contributed by atoms with Gasteiger partial charge in [-0.3, -0.25) is 29.6 Å². The van der Waals surface area contributed by atoms with Gasteiger partial charge in [0.1, 0.15) is 0 Å². The van der Waals surface area contributed by atoms with E-state index in [1.807, 2.05) is 86.6 Å². The molecule has 9 heteroatoms. The average Bonchev–Trinajstić information content (AvgIpc) is 3.27. The molecule has 0 bridgehead atoms. The smallest absolute Gasteiger partial charge is 0.311 e. The number of nitrogens with one attached hydrogen (secondary N) is 2. The number of hydrazine groups is 1. The fourth-order valence-electron chi connectivity index (χ4n) is 4.31. The van der Waals surface area contributed by atoms with Crippen molar-refractivity contribution in [1.82, 2.24) is 10.4 Å². The van der Waals surface area contributed by atoms with Crippen LogP contribution in [0.1, 0.15) is 34.6 Å². The summed E-state index contributed by atoms with van der Waals surface area (Å²) in [6.07, 6.45) is -0.118. The van der Waals surface area contributed by atoms with Crippen molar-refractivity contribution < 1.29 is 23.9 Å². The zero-order valence-electron chi connectivity index (χ0n) is 21.1. The van der Waals surface area contributed by atoms with Crippen molar-refractivity contribution in [1.29, 1.82) is 0 Å². The SMILES string of the molecule is Cc1cc(NC(=O)COC(=O)[C@H]2CC(=O)N(NC(=O)C(c3ccccc3)c3ccccc3)C2)c(C)cc1Br. The first-order valence-corrected chi connectivity index (χ1v) is 13.0. The van der Waals surface area contributed by atoms with Gasteiger partial charge < -0.3 is 10.1 Å². The molecule has 0 spiro atoms. The van der Waals surface area contributed by atoms with Crippen LogP contribution < -0.4 is 10.7 Å². The van der Waals surface area contributed by atoms with Gasteiger partial charge in [0.15, 0.2) is 6.61 Å². The van der Waals surface area contributed by atoms with E-state index in [-0.39, 0.29) is 18.9 Å². The molecular weight excluding hydrogens is 550 g/mol. The number of rotatable bonds is 8. The molecule has 4 rings (SSSR count). The van der Waals surface area contributed by atoms with Gasteiger partial charge >= 0.3 is 5.97 Å². The Balaban J connectivity index is 1.34. The van der Waals surface area contributed by atoms with Crippen molar-refractivity contribution in [3.8, 4) is 0 Å². The molecule has 1 atom stereocenters. The standard InChI is InChI=1S/C29H28BrN3O5/c1-18-14-24(19(2)13-23(18)30)31-25(34)17-38-29(37)22-15-26(35)33(16-22)32-28(36)27(20-9-5-3-6-10-20)21-11-7-4-8-12-21/h3-14,22,27H,15-17H2,1-2H3,(H,31,34)(H,32,36)/t22-/m0/s1. The largest absolute Gasteiger partial charge is 0.455 e. The minimum atomic E-state index is -0.792. The third-order valence-electron chi connectivity index (χ3n) is 6.36. The van der Waals surface area contributed by atoms with Gasteiger partial charge in [-0.15, -0.1) is 0 Å². The van der Waals surface area contributed by atoms with Crippen molar-refractivity contribution in [2.45, 2.75) is 26.2 Å². The second-order valence-electron chi connectivity index (χ2n) is 9.21. The molecular formula is C29H28BrN3O5. The van der Waals surface area contributed by atoms with E-state index in [1.54, 1.807) is 0 Å². The van der Waals surface area contributed by atoms with E-state index in [0.29, 0.717) is 5.69 Å². The van der Waals surface area contributed by atoms with Gasteiger partial charge in [0.25, 0.3) is 11.8 Å². The number of halogens is 1. The lowest BCUT2D eigenvalue weighted by Crippen LogP contribution is -2.45. The van der Waals surface area contributed by atoms with E-state index in [1.165, 1.54) is 0 Å². The van der Waals surface area contributed by atoms with Gasteiger partial charge in [0.2, 0.25) is 5.91 Å². The van der Waals surface area contributed by atoms with Crippen LogP contribution in [0.5, 0.6) is 0 Å². The minimum Gasteiger partial charge on any atom is -0.455 e. The van der Waals surface area contributed by atoms with Crippen LogP contribution in [0.3, 0.4) is 0 Å². The van der Waals surface area contributed by atoms with Gasteiger partial charge in [0.05, 0.1) is 18.4 Å². The topological polar surface area (TPSA) is 105 Å². The fraction of sp³-hybridized carbons (Fsp3) is 0.241. The van der Waals surface area contributed by atoms with Gasteiger partial charge in [-0.05, 0) is 48.2 Å². The van der Waals surface area contributed by atoms with Crippen molar-refractivity contribution in [3.63, 3.8) is 0 Å². The van der Waals surface area contributed by atoms with Crippen molar-refractivity contribution in [2.75, 3.05) is 18.5 Å². The lowest BCUT2D eigenvalue weighted by atomic mass is 9.91. The van der Waals surface area contributed by atoms with Gasteiger partial charge in [-0.1, -0.05) is 76.6 Å². The Morgan fingerprint density at radius 1 is 0.974 bits per heavy atom. The number of carbonyl (C=O) groups is 4. The molecule has 0 aliphatic carbocycles. The Labute approximate surface area is 229 Å². The molecule has 0 aromatic heterocycles. The summed E-state index contributed by atoms with van der Waals surface area (Å²) in [5.74, 6) is -3.36. The summed E-state index contributed by atoms with van der Waals surface area (Å²) in [4.78, 5) is 50.9. The third-order valence-corrected chi connectivity index (χ3v) is 7.21. The Morgan fingerprint density at radius 2 is 1.58 bits per heavy atom. The Morgan fingerprint density at radius 3 is 2.18 bits per heavy atom. The molecule has 3 aromatic rings. The molecule has 3 amide bonds. The van der Waals surface area contributed by atoms with Crippen LogP contribution in [0.2, 0.25) is 0 Å². The summed E-state index contributed by atoms with van der Waals surface area (Å²) in [6.45, 7) is 3.25. The monoisotopic (exact) mass is 577 g/mol. The van der Waals surface area contributed by atoms with E-state index < -0.39 is 36.2 Å². The molecule has 196 valence electrons. The van der Waals surface area contributed by atoms with Gasteiger partial charge in [-0.25, -0.2) is 0 Å². The highest BCUT2D eigenvalue weighted by Crippen LogP contribution is 2.27. The molecule has 38 heavy (non-hydrogen) atoms. The summed E-state index contributed by atoms with van der Waals surface area (Å²) in [7, 11) is 0. The molecule has 0 radical (unpaired) electrons.